The molecule has 2 atom stereocenters. The lowest BCUT2D eigenvalue weighted by atomic mass is 10.2. The van der Waals surface area contributed by atoms with Crippen molar-refractivity contribution in [1.29, 1.82) is 0 Å². The van der Waals surface area contributed by atoms with E-state index in [-0.39, 0.29) is 11.9 Å². The summed E-state index contributed by atoms with van der Waals surface area (Å²) in [6.45, 7) is 13.9. The van der Waals surface area contributed by atoms with Crippen molar-refractivity contribution in [2.45, 2.75) is 53.1 Å². The zero-order chi connectivity index (χ0) is 13.3. The molecular formula is C13H29N3O. The highest BCUT2D eigenvalue weighted by atomic mass is 16.2. The molecule has 0 saturated heterocycles. The standard InChI is InChI=1S/C13H29N3O/c1-6-11(4)14-9-13(17)15-12(5)10-16(7-2)8-3/h11-12,14H,6-10H2,1-5H3,(H,15,17). The molecule has 4 nitrogen and oxygen atoms in total. The Hall–Kier alpha value is -0.610. The minimum atomic E-state index is 0.0879. The van der Waals surface area contributed by atoms with Crippen molar-refractivity contribution < 1.29 is 4.79 Å². The number of rotatable bonds is 9. The van der Waals surface area contributed by atoms with Crippen LogP contribution in [-0.4, -0.2) is 49.1 Å². The van der Waals surface area contributed by atoms with Gasteiger partial charge in [-0.2, -0.15) is 0 Å². The number of amides is 1. The average Bonchev–Trinajstić information content (AvgIpc) is 2.32. The molecule has 0 heterocycles. The minimum absolute atomic E-state index is 0.0879. The highest BCUT2D eigenvalue weighted by Crippen LogP contribution is 1.92. The normalized spacial score (nSPS) is 14.7. The lowest BCUT2D eigenvalue weighted by Gasteiger charge is -2.23. The van der Waals surface area contributed by atoms with Gasteiger partial charge in [0.05, 0.1) is 6.54 Å². The van der Waals surface area contributed by atoms with Crippen molar-refractivity contribution in [3.63, 3.8) is 0 Å². The first-order valence-corrected chi connectivity index (χ1v) is 6.78. The second-order valence-corrected chi connectivity index (χ2v) is 4.64. The Morgan fingerprint density at radius 1 is 1.12 bits per heavy atom. The quantitative estimate of drug-likeness (QED) is 0.640. The lowest BCUT2D eigenvalue weighted by Crippen LogP contribution is -2.46. The van der Waals surface area contributed by atoms with Gasteiger partial charge in [-0.3, -0.25) is 4.79 Å². The molecular weight excluding hydrogens is 214 g/mol. The summed E-state index contributed by atoms with van der Waals surface area (Å²) in [5, 5.41) is 6.21. The topological polar surface area (TPSA) is 44.4 Å². The predicted molar refractivity (Wildman–Crippen MR) is 73.1 cm³/mol. The molecule has 2 N–H and O–H groups in total. The van der Waals surface area contributed by atoms with Crippen LogP contribution in [0.25, 0.3) is 0 Å². The van der Waals surface area contributed by atoms with Gasteiger partial charge < -0.3 is 15.5 Å². The molecule has 2 unspecified atom stereocenters. The molecule has 0 radical (unpaired) electrons. The summed E-state index contributed by atoms with van der Waals surface area (Å²) in [5.74, 6) is 0.0879. The Kier molecular flexibility index (Phi) is 9.09. The summed E-state index contributed by atoms with van der Waals surface area (Å²) >= 11 is 0. The van der Waals surface area contributed by atoms with Gasteiger partial charge in [0.2, 0.25) is 5.91 Å². The van der Waals surface area contributed by atoms with E-state index in [4.69, 9.17) is 0 Å². The van der Waals surface area contributed by atoms with Crippen LogP contribution >= 0.6 is 0 Å². The highest BCUT2D eigenvalue weighted by molar-refractivity contribution is 5.78. The van der Waals surface area contributed by atoms with Crippen molar-refractivity contribution in [2.24, 2.45) is 0 Å². The maximum absolute atomic E-state index is 11.6. The molecule has 0 aliphatic rings. The fraction of sp³-hybridized carbons (Fsp3) is 0.923. The number of hydrogen-bond donors (Lipinski definition) is 2. The van der Waals surface area contributed by atoms with Crippen LogP contribution in [0.5, 0.6) is 0 Å². The number of carbonyl (C=O) groups excluding carboxylic acids is 1. The predicted octanol–water partition coefficient (Wildman–Crippen LogP) is 1.22. The largest absolute Gasteiger partial charge is 0.351 e. The Morgan fingerprint density at radius 3 is 2.18 bits per heavy atom. The molecule has 0 aromatic rings. The third kappa shape index (κ3) is 8.16. The molecule has 0 aliphatic carbocycles. The number of likely N-dealkylation sites (N-methyl/N-ethyl adjacent to an activating group) is 1. The van der Waals surface area contributed by atoms with E-state index in [0.29, 0.717) is 12.6 Å². The first-order valence-electron chi connectivity index (χ1n) is 6.78. The monoisotopic (exact) mass is 243 g/mol. The van der Waals surface area contributed by atoms with Crippen LogP contribution in [0.1, 0.15) is 41.0 Å². The van der Waals surface area contributed by atoms with Gasteiger partial charge in [-0.15, -0.1) is 0 Å². The van der Waals surface area contributed by atoms with Gasteiger partial charge in [0, 0.05) is 18.6 Å². The summed E-state index contributed by atoms with van der Waals surface area (Å²) in [7, 11) is 0. The second-order valence-electron chi connectivity index (χ2n) is 4.64. The van der Waals surface area contributed by atoms with E-state index in [1.165, 1.54) is 0 Å². The van der Waals surface area contributed by atoms with Crippen LogP contribution in [0, 0.1) is 0 Å². The smallest absolute Gasteiger partial charge is 0.234 e. The molecule has 0 saturated carbocycles. The van der Waals surface area contributed by atoms with E-state index in [2.05, 4.69) is 50.2 Å². The van der Waals surface area contributed by atoms with Gasteiger partial charge in [0.25, 0.3) is 0 Å². The van der Waals surface area contributed by atoms with Crippen LogP contribution in [0.4, 0.5) is 0 Å². The van der Waals surface area contributed by atoms with Gasteiger partial charge in [0.15, 0.2) is 0 Å². The maximum Gasteiger partial charge on any atom is 0.234 e. The van der Waals surface area contributed by atoms with E-state index in [1.54, 1.807) is 0 Å². The number of nitrogens with zero attached hydrogens (tertiary/aromatic N) is 1. The van der Waals surface area contributed by atoms with Gasteiger partial charge in [-0.25, -0.2) is 0 Å². The molecule has 4 heteroatoms. The van der Waals surface area contributed by atoms with Crippen molar-refractivity contribution in [3.8, 4) is 0 Å². The molecule has 17 heavy (non-hydrogen) atoms. The zero-order valence-electron chi connectivity index (χ0n) is 12.0. The molecule has 102 valence electrons. The minimum Gasteiger partial charge on any atom is -0.351 e. The van der Waals surface area contributed by atoms with Gasteiger partial charge >= 0.3 is 0 Å². The lowest BCUT2D eigenvalue weighted by molar-refractivity contribution is -0.121. The second kappa shape index (κ2) is 9.42. The van der Waals surface area contributed by atoms with Crippen molar-refractivity contribution in [3.05, 3.63) is 0 Å². The fourth-order valence-electron chi connectivity index (χ4n) is 1.65. The third-order valence-electron chi connectivity index (χ3n) is 3.06. The molecule has 1 amide bonds. The summed E-state index contributed by atoms with van der Waals surface area (Å²) in [4.78, 5) is 14.0. The maximum atomic E-state index is 11.6. The van der Waals surface area contributed by atoms with Crippen molar-refractivity contribution in [1.82, 2.24) is 15.5 Å². The molecule has 0 spiro atoms. The molecule has 0 rings (SSSR count). The van der Waals surface area contributed by atoms with E-state index in [0.717, 1.165) is 26.1 Å². The van der Waals surface area contributed by atoms with Gasteiger partial charge in [-0.05, 0) is 33.4 Å². The third-order valence-corrected chi connectivity index (χ3v) is 3.06. The van der Waals surface area contributed by atoms with Crippen molar-refractivity contribution in [2.75, 3.05) is 26.2 Å². The van der Waals surface area contributed by atoms with Crippen molar-refractivity contribution >= 4 is 5.91 Å². The highest BCUT2D eigenvalue weighted by Gasteiger charge is 2.10. The van der Waals surface area contributed by atoms with Gasteiger partial charge in [0.1, 0.15) is 0 Å². The van der Waals surface area contributed by atoms with E-state index in [9.17, 15) is 4.79 Å². The Labute approximate surface area is 106 Å². The summed E-state index contributed by atoms with van der Waals surface area (Å²) in [5.41, 5.74) is 0. The molecule has 0 fully saturated rings. The Balaban J connectivity index is 3.79. The average molecular weight is 243 g/mol. The zero-order valence-corrected chi connectivity index (χ0v) is 12.0. The first-order chi connectivity index (χ1) is 8.03. The molecule has 0 bridgehead atoms. The fourth-order valence-corrected chi connectivity index (χ4v) is 1.65. The number of hydrogen-bond acceptors (Lipinski definition) is 3. The molecule has 0 aromatic carbocycles. The molecule has 0 aliphatic heterocycles. The van der Waals surface area contributed by atoms with Crippen LogP contribution in [0.15, 0.2) is 0 Å². The number of carbonyl (C=O) groups is 1. The SMILES string of the molecule is CCC(C)NCC(=O)NC(C)CN(CC)CC. The van der Waals surface area contributed by atoms with E-state index in [1.807, 2.05) is 0 Å². The van der Waals surface area contributed by atoms with Crippen LogP contribution in [0.2, 0.25) is 0 Å². The molecule has 0 aromatic heterocycles. The van der Waals surface area contributed by atoms with E-state index >= 15 is 0 Å². The summed E-state index contributed by atoms with van der Waals surface area (Å²) in [6, 6.07) is 0.611. The van der Waals surface area contributed by atoms with E-state index < -0.39 is 0 Å². The summed E-state index contributed by atoms with van der Waals surface area (Å²) in [6.07, 6.45) is 1.04. The van der Waals surface area contributed by atoms with Crippen LogP contribution < -0.4 is 10.6 Å². The van der Waals surface area contributed by atoms with Crippen LogP contribution in [-0.2, 0) is 4.79 Å². The van der Waals surface area contributed by atoms with Gasteiger partial charge in [-0.1, -0.05) is 20.8 Å². The Bertz CT molecular complexity index is 205. The van der Waals surface area contributed by atoms with Crippen LogP contribution in [0.3, 0.4) is 0 Å². The summed E-state index contributed by atoms with van der Waals surface area (Å²) < 4.78 is 0. The Morgan fingerprint density at radius 2 is 1.71 bits per heavy atom. The number of nitrogens with one attached hydrogen (secondary N) is 2. The first kappa shape index (κ1) is 16.4.